The predicted molar refractivity (Wildman–Crippen MR) is 76.7 cm³/mol. The first kappa shape index (κ1) is 12.2. The maximum Gasteiger partial charge on any atom is 0.113 e. The summed E-state index contributed by atoms with van der Waals surface area (Å²) < 4.78 is 5.70. The van der Waals surface area contributed by atoms with E-state index in [-0.39, 0.29) is 6.04 Å². The fraction of sp³-hybridized carbons (Fsp3) is 0.312. The fourth-order valence-electron chi connectivity index (χ4n) is 2.54. The van der Waals surface area contributed by atoms with E-state index in [4.69, 9.17) is 10.5 Å². The van der Waals surface area contributed by atoms with Crippen LogP contribution >= 0.6 is 0 Å². The summed E-state index contributed by atoms with van der Waals surface area (Å²) >= 11 is 0. The van der Waals surface area contributed by atoms with Crippen LogP contribution in [0, 0.1) is 6.92 Å². The Morgan fingerprint density at radius 1 is 1.32 bits per heavy atom. The summed E-state index contributed by atoms with van der Waals surface area (Å²) in [6, 6.07) is 9.97. The van der Waals surface area contributed by atoms with Crippen LogP contribution in [0.1, 0.15) is 30.1 Å². The number of hydrogen-bond donors (Lipinski definition) is 1. The predicted octanol–water partition coefficient (Wildman–Crippen LogP) is 3.24. The first-order valence-electron chi connectivity index (χ1n) is 6.70. The van der Waals surface area contributed by atoms with Gasteiger partial charge in [0.25, 0.3) is 0 Å². The van der Waals surface area contributed by atoms with Gasteiger partial charge in [-0.3, -0.25) is 4.98 Å². The lowest BCUT2D eigenvalue weighted by Gasteiger charge is -2.22. The largest absolute Gasteiger partial charge is 0.496 e. The molecular weight excluding hydrogens is 236 g/mol. The summed E-state index contributed by atoms with van der Waals surface area (Å²) in [7, 11) is 0. The van der Waals surface area contributed by atoms with Gasteiger partial charge in [0, 0.05) is 11.1 Å². The van der Waals surface area contributed by atoms with E-state index < -0.39 is 0 Å². The van der Waals surface area contributed by atoms with Crippen LogP contribution in [0.4, 0.5) is 0 Å². The maximum absolute atomic E-state index is 6.38. The highest BCUT2D eigenvalue weighted by Crippen LogP contribution is 2.29. The molecule has 0 fully saturated rings. The Morgan fingerprint density at radius 2 is 2.16 bits per heavy atom. The molecule has 1 aromatic heterocycles. The van der Waals surface area contributed by atoms with Gasteiger partial charge in [-0.05, 0) is 43.5 Å². The molecule has 1 aliphatic rings. The number of hydrogen-bond acceptors (Lipinski definition) is 3. The Bertz CT molecular complexity index is 634. The molecule has 0 aliphatic carbocycles. The van der Waals surface area contributed by atoms with Gasteiger partial charge in [-0.1, -0.05) is 18.2 Å². The Kier molecular flexibility index (Phi) is 3.22. The number of pyridine rings is 1. The maximum atomic E-state index is 6.38. The topological polar surface area (TPSA) is 48.1 Å². The van der Waals surface area contributed by atoms with Gasteiger partial charge in [-0.25, -0.2) is 0 Å². The number of para-hydroxylation sites is 1. The molecule has 0 spiro atoms. The zero-order valence-corrected chi connectivity index (χ0v) is 11.1. The average Bonchev–Trinajstić information content (AvgIpc) is 2.46. The van der Waals surface area contributed by atoms with E-state index in [0.717, 1.165) is 47.4 Å². The van der Waals surface area contributed by atoms with Crippen molar-refractivity contribution >= 4 is 10.9 Å². The number of nitrogens with two attached hydrogens (primary N) is 1. The van der Waals surface area contributed by atoms with E-state index >= 15 is 0 Å². The molecule has 3 heteroatoms. The molecule has 0 saturated carbocycles. The Hall–Kier alpha value is -1.87. The molecule has 3 nitrogen and oxygen atoms in total. The molecule has 19 heavy (non-hydrogen) atoms. The number of nitrogens with zero attached hydrogens (tertiary/aromatic N) is 1. The van der Waals surface area contributed by atoms with Gasteiger partial charge in [-0.15, -0.1) is 0 Å². The summed E-state index contributed by atoms with van der Waals surface area (Å²) in [6.07, 6.45) is 4.23. The zero-order valence-electron chi connectivity index (χ0n) is 11.1. The number of fused-ring (bicyclic) bond motifs is 1. The van der Waals surface area contributed by atoms with Crippen LogP contribution in [0.25, 0.3) is 10.9 Å². The molecule has 2 N–H and O–H groups in total. The van der Waals surface area contributed by atoms with E-state index in [9.17, 15) is 0 Å². The van der Waals surface area contributed by atoms with Gasteiger partial charge in [0.2, 0.25) is 0 Å². The Labute approximate surface area is 113 Å². The van der Waals surface area contributed by atoms with Crippen molar-refractivity contribution in [2.45, 2.75) is 25.8 Å². The highest BCUT2D eigenvalue weighted by Gasteiger charge is 2.18. The summed E-state index contributed by atoms with van der Waals surface area (Å²) in [5.41, 5.74) is 9.45. The molecule has 2 heterocycles. The summed E-state index contributed by atoms with van der Waals surface area (Å²) in [5, 5.41) is 1.11. The number of allylic oxidation sites excluding steroid dienone is 1. The molecule has 0 radical (unpaired) electrons. The third-order valence-corrected chi connectivity index (χ3v) is 3.48. The van der Waals surface area contributed by atoms with Crippen LogP contribution in [-0.2, 0) is 4.74 Å². The van der Waals surface area contributed by atoms with Crippen LogP contribution in [0.15, 0.2) is 42.2 Å². The molecule has 3 rings (SSSR count). The minimum absolute atomic E-state index is 0.202. The van der Waals surface area contributed by atoms with Gasteiger partial charge in [0.05, 0.1) is 18.2 Å². The molecule has 2 aromatic rings. The minimum Gasteiger partial charge on any atom is -0.496 e. The standard InChI is InChI=1S/C16H18N2O/c1-11-10-13(12-6-2-3-7-14(12)18-11)16(17)15-8-4-5-9-19-15/h2-3,6-8,10,16H,4-5,9,17H2,1H3. The van der Waals surface area contributed by atoms with Crippen LogP contribution in [-0.4, -0.2) is 11.6 Å². The Morgan fingerprint density at radius 3 is 2.95 bits per heavy atom. The van der Waals surface area contributed by atoms with Crippen molar-refractivity contribution in [1.82, 2.24) is 4.98 Å². The monoisotopic (exact) mass is 254 g/mol. The number of rotatable bonds is 2. The van der Waals surface area contributed by atoms with Crippen molar-refractivity contribution in [3.05, 3.63) is 53.4 Å². The Balaban J connectivity index is 2.10. The van der Waals surface area contributed by atoms with Crippen molar-refractivity contribution in [3.63, 3.8) is 0 Å². The molecule has 1 aromatic carbocycles. The molecule has 0 saturated heterocycles. The van der Waals surface area contributed by atoms with Gasteiger partial charge in [-0.2, -0.15) is 0 Å². The summed E-state index contributed by atoms with van der Waals surface area (Å²) in [6.45, 7) is 2.76. The number of benzene rings is 1. The van der Waals surface area contributed by atoms with Crippen LogP contribution in [0.5, 0.6) is 0 Å². The molecule has 1 atom stereocenters. The zero-order chi connectivity index (χ0) is 13.2. The smallest absolute Gasteiger partial charge is 0.113 e. The van der Waals surface area contributed by atoms with Gasteiger partial charge >= 0.3 is 0 Å². The molecule has 0 bridgehead atoms. The van der Waals surface area contributed by atoms with Crippen molar-refractivity contribution in [2.75, 3.05) is 6.61 Å². The molecule has 1 unspecified atom stereocenters. The van der Waals surface area contributed by atoms with Crippen molar-refractivity contribution < 1.29 is 4.74 Å². The highest BCUT2D eigenvalue weighted by molar-refractivity contribution is 5.83. The molecule has 1 aliphatic heterocycles. The highest BCUT2D eigenvalue weighted by atomic mass is 16.5. The van der Waals surface area contributed by atoms with Gasteiger partial charge in [0.15, 0.2) is 0 Å². The SMILES string of the molecule is Cc1cc(C(N)C2=CCCCO2)c2ccccc2n1. The van der Waals surface area contributed by atoms with Gasteiger partial charge in [0.1, 0.15) is 5.76 Å². The van der Waals surface area contributed by atoms with Gasteiger partial charge < -0.3 is 10.5 Å². The lowest BCUT2D eigenvalue weighted by atomic mass is 9.99. The molecule has 98 valence electrons. The third kappa shape index (κ3) is 2.34. The summed E-state index contributed by atoms with van der Waals surface area (Å²) in [4.78, 5) is 4.55. The van der Waals surface area contributed by atoms with E-state index in [1.807, 2.05) is 25.1 Å². The summed E-state index contributed by atoms with van der Waals surface area (Å²) in [5.74, 6) is 0.891. The number of ether oxygens (including phenoxy) is 1. The van der Waals surface area contributed by atoms with Crippen molar-refractivity contribution in [2.24, 2.45) is 5.73 Å². The van der Waals surface area contributed by atoms with Crippen molar-refractivity contribution in [3.8, 4) is 0 Å². The third-order valence-electron chi connectivity index (χ3n) is 3.48. The first-order chi connectivity index (χ1) is 9.25. The van der Waals surface area contributed by atoms with E-state index in [1.54, 1.807) is 0 Å². The van der Waals surface area contributed by atoms with Crippen LogP contribution < -0.4 is 5.73 Å². The lowest BCUT2D eigenvalue weighted by Crippen LogP contribution is -2.18. The quantitative estimate of drug-likeness (QED) is 0.895. The molecule has 0 amide bonds. The second kappa shape index (κ2) is 5.02. The first-order valence-corrected chi connectivity index (χ1v) is 6.70. The number of aromatic nitrogens is 1. The lowest BCUT2D eigenvalue weighted by molar-refractivity contribution is 0.176. The van der Waals surface area contributed by atoms with E-state index in [0.29, 0.717) is 0 Å². The average molecular weight is 254 g/mol. The van der Waals surface area contributed by atoms with Crippen LogP contribution in [0.2, 0.25) is 0 Å². The second-order valence-electron chi connectivity index (χ2n) is 4.94. The fourth-order valence-corrected chi connectivity index (χ4v) is 2.54. The normalized spacial score (nSPS) is 16.8. The van der Waals surface area contributed by atoms with Crippen molar-refractivity contribution in [1.29, 1.82) is 0 Å². The van der Waals surface area contributed by atoms with Crippen LogP contribution in [0.3, 0.4) is 0 Å². The van der Waals surface area contributed by atoms with E-state index in [1.165, 1.54) is 0 Å². The number of aryl methyl sites for hydroxylation is 1. The van der Waals surface area contributed by atoms with E-state index in [2.05, 4.69) is 23.2 Å². The second-order valence-corrected chi connectivity index (χ2v) is 4.94. The minimum atomic E-state index is -0.202. The molecular formula is C16H18N2O.